The summed E-state index contributed by atoms with van der Waals surface area (Å²) in [7, 11) is 0. The zero-order chi connectivity index (χ0) is 28.9. The number of rotatable bonds is 23. The average molecular weight is 555 g/mol. The van der Waals surface area contributed by atoms with Crippen LogP contribution in [-0.4, -0.2) is 64.6 Å². The molecular weight excluding hydrogens is 500 g/mol. The molecule has 0 amide bonds. The molecule has 1 aliphatic carbocycles. The number of hydrogen-bond acceptors (Lipinski definition) is 8. The maximum absolute atomic E-state index is 12.4. The molecule has 1 rings (SSSR count). The lowest BCUT2D eigenvalue weighted by molar-refractivity contribution is -0.161. The zero-order valence-corrected chi connectivity index (χ0v) is 24.4. The van der Waals surface area contributed by atoms with Crippen molar-refractivity contribution in [3.63, 3.8) is 0 Å². The van der Waals surface area contributed by atoms with Crippen LogP contribution in [-0.2, 0) is 23.9 Å². The normalized spacial score (nSPS) is 20.8. The van der Waals surface area contributed by atoms with Gasteiger partial charge in [0.2, 0.25) is 0 Å². The third-order valence-corrected chi connectivity index (χ3v) is 7.45. The second kappa shape index (κ2) is 22.0. The lowest BCUT2D eigenvalue weighted by atomic mass is 9.88. The minimum Gasteiger partial charge on any atom is -0.462 e. The Morgan fingerprint density at radius 1 is 0.923 bits per heavy atom. The van der Waals surface area contributed by atoms with Gasteiger partial charge in [0.15, 0.2) is 6.10 Å². The van der Waals surface area contributed by atoms with Crippen LogP contribution in [0.15, 0.2) is 12.2 Å². The molecule has 39 heavy (non-hydrogen) atoms. The van der Waals surface area contributed by atoms with Gasteiger partial charge in [0, 0.05) is 31.1 Å². The van der Waals surface area contributed by atoms with Crippen LogP contribution >= 0.6 is 0 Å². The van der Waals surface area contributed by atoms with Crippen molar-refractivity contribution in [2.75, 3.05) is 13.2 Å². The molecule has 1 aliphatic rings. The maximum atomic E-state index is 12.4. The van der Waals surface area contributed by atoms with Gasteiger partial charge in [0.05, 0.1) is 18.8 Å². The number of unbranched alkanes of at least 4 members (excludes halogenated alkanes) is 9. The summed E-state index contributed by atoms with van der Waals surface area (Å²) in [6, 6.07) is 0. The fourth-order valence-electron chi connectivity index (χ4n) is 5.04. The van der Waals surface area contributed by atoms with Gasteiger partial charge in [-0.25, -0.2) is 0 Å². The molecule has 3 N–H and O–H groups in total. The van der Waals surface area contributed by atoms with E-state index in [9.17, 15) is 29.7 Å². The highest BCUT2D eigenvalue weighted by molar-refractivity contribution is 5.84. The second-order valence-electron chi connectivity index (χ2n) is 11.0. The first-order valence-electron chi connectivity index (χ1n) is 15.3. The quantitative estimate of drug-likeness (QED) is 0.0893. The Bertz CT molecular complexity index is 707. The third kappa shape index (κ3) is 16.2. The van der Waals surface area contributed by atoms with Crippen LogP contribution in [0.3, 0.4) is 0 Å². The molecule has 1 saturated carbocycles. The molecule has 0 radical (unpaired) electrons. The Morgan fingerprint density at radius 3 is 2.21 bits per heavy atom. The third-order valence-electron chi connectivity index (χ3n) is 7.45. The first kappa shape index (κ1) is 35.3. The molecule has 8 heteroatoms. The van der Waals surface area contributed by atoms with Gasteiger partial charge < -0.3 is 24.8 Å². The van der Waals surface area contributed by atoms with Crippen molar-refractivity contribution in [3.8, 4) is 0 Å². The van der Waals surface area contributed by atoms with Crippen molar-refractivity contribution in [2.45, 2.75) is 141 Å². The van der Waals surface area contributed by atoms with Crippen molar-refractivity contribution < 1.29 is 39.2 Å². The van der Waals surface area contributed by atoms with E-state index in [1.165, 1.54) is 0 Å². The van der Waals surface area contributed by atoms with Crippen LogP contribution in [0.2, 0.25) is 0 Å². The van der Waals surface area contributed by atoms with Crippen LogP contribution in [0.4, 0.5) is 0 Å². The minimum absolute atomic E-state index is 0.0804. The molecule has 0 aliphatic heterocycles. The van der Waals surface area contributed by atoms with Gasteiger partial charge in [-0.3, -0.25) is 14.4 Å². The van der Waals surface area contributed by atoms with Crippen LogP contribution in [0.25, 0.3) is 0 Å². The number of Topliss-reactive ketones (excluding diaryl/α,β-unsaturated/α-hetero) is 1. The maximum Gasteiger partial charge on any atom is 0.306 e. The fourth-order valence-corrected chi connectivity index (χ4v) is 5.04. The number of ketones is 1. The van der Waals surface area contributed by atoms with E-state index in [1.807, 2.05) is 6.08 Å². The first-order chi connectivity index (χ1) is 18.8. The van der Waals surface area contributed by atoms with Gasteiger partial charge in [-0.2, -0.15) is 0 Å². The number of hydrogen-bond donors (Lipinski definition) is 3. The monoisotopic (exact) mass is 554 g/mol. The van der Waals surface area contributed by atoms with Crippen molar-refractivity contribution >= 4 is 17.7 Å². The molecule has 0 heterocycles. The molecule has 0 aromatic carbocycles. The van der Waals surface area contributed by atoms with Crippen molar-refractivity contribution in [2.24, 2.45) is 11.8 Å². The molecule has 0 spiro atoms. The molecule has 8 nitrogen and oxygen atoms in total. The molecule has 5 atom stereocenters. The van der Waals surface area contributed by atoms with E-state index < -0.39 is 24.9 Å². The minimum atomic E-state index is -0.837. The molecular formula is C31H54O8. The summed E-state index contributed by atoms with van der Waals surface area (Å²) in [5.41, 5.74) is 0. The Labute approximate surface area is 235 Å². The highest BCUT2D eigenvalue weighted by Crippen LogP contribution is 2.34. The van der Waals surface area contributed by atoms with Crippen molar-refractivity contribution in [3.05, 3.63) is 12.2 Å². The van der Waals surface area contributed by atoms with E-state index in [4.69, 9.17) is 9.47 Å². The standard InChI is InChI=1S/C31H54O8/c1-3-5-7-8-14-18-31(37)39-25(22-32)23-38-30(36)17-13-10-9-12-16-26-27(29(35)21-28(26)34)20-19-24(33)15-11-6-4-2/h19-20,24-27,29,32-33,35H,3-18,21-23H2,1-2H3/b20-19+/t24-,25-,26+,27+,29+/m0/s1. The summed E-state index contributed by atoms with van der Waals surface area (Å²) in [5.74, 6) is -1.16. The topological polar surface area (TPSA) is 130 Å². The molecule has 0 aromatic heterocycles. The Hall–Kier alpha value is -1.77. The molecule has 0 saturated heterocycles. The first-order valence-corrected chi connectivity index (χ1v) is 15.3. The van der Waals surface area contributed by atoms with Crippen molar-refractivity contribution in [1.29, 1.82) is 0 Å². The molecule has 0 bridgehead atoms. The van der Waals surface area contributed by atoms with Gasteiger partial charge in [-0.15, -0.1) is 0 Å². The van der Waals surface area contributed by atoms with Gasteiger partial charge in [0.1, 0.15) is 12.4 Å². The molecule has 0 unspecified atom stereocenters. The molecule has 0 aromatic rings. The van der Waals surface area contributed by atoms with Gasteiger partial charge in [-0.05, 0) is 25.7 Å². The Balaban J connectivity index is 2.22. The van der Waals surface area contributed by atoms with Crippen molar-refractivity contribution in [1.82, 2.24) is 0 Å². The number of ether oxygens (including phenoxy) is 2. The largest absolute Gasteiger partial charge is 0.462 e. The fraction of sp³-hybridized carbons (Fsp3) is 0.839. The van der Waals surface area contributed by atoms with Gasteiger partial charge in [0.25, 0.3) is 0 Å². The second-order valence-corrected chi connectivity index (χ2v) is 11.0. The van der Waals surface area contributed by atoms with E-state index in [0.29, 0.717) is 25.7 Å². The highest BCUT2D eigenvalue weighted by atomic mass is 16.6. The lowest BCUT2D eigenvalue weighted by Crippen LogP contribution is -2.28. The number of carbonyl (C=O) groups excluding carboxylic acids is 3. The average Bonchev–Trinajstić information content (AvgIpc) is 3.18. The summed E-state index contributed by atoms with van der Waals surface area (Å²) in [6.07, 6.45) is 15.0. The predicted molar refractivity (Wildman–Crippen MR) is 151 cm³/mol. The molecule has 226 valence electrons. The van der Waals surface area contributed by atoms with E-state index >= 15 is 0 Å². The van der Waals surface area contributed by atoms with E-state index in [-0.39, 0.29) is 49.0 Å². The zero-order valence-electron chi connectivity index (χ0n) is 24.4. The van der Waals surface area contributed by atoms with E-state index in [2.05, 4.69) is 13.8 Å². The van der Waals surface area contributed by atoms with Crippen LogP contribution in [0, 0.1) is 11.8 Å². The van der Waals surface area contributed by atoms with Crippen LogP contribution < -0.4 is 0 Å². The molecule has 1 fully saturated rings. The van der Waals surface area contributed by atoms with Crippen LogP contribution in [0.1, 0.15) is 123 Å². The summed E-state index contributed by atoms with van der Waals surface area (Å²) < 4.78 is 10.4. The Morgan fingerprint density at radius 2 is 1.54 bits per heavy atom. The SMILES string of the molecule is CCCCCCCC(=O)O[C@@H](CO)COC(=O)CCCCCC[C@H]1C(=O)C[C@@H](O)[C@@H]1/C=C/[C@@H](O)CCCCC. The van der Waals surface area contributed by atoms with Gasteiger partial charge in [-0.1, -0.05) is 90.2 Å². The summed E-state index contributed by atoms with van der Waals surface area (Å²) in [6.45, 7) is 3.71. The number of aliphatic hydroxyl groups is 3. The van der Waals surface area contributed by atoms with Gasteiger partial charge >= 0.3 is 11.9 Å². The highest BCUT2D eigenvalue weighted by Gasteiger charge is 2.39. The lowest BCUT2D eigenvalue weighted by Gasteiger charge is -2.18. The van der Waals surface area contributed by atoms with E-state index in [1.54, 1.807) is 6.08 Å². The predicted octanol–water partition coefficient (Wildman–Crippen LogP) is 5.20. The summed E-state index contributed by atoms with van der Waals surface area (Å²) >= 11 is 0. The number of carbonyl (C=O) groups is 3. The Kier molecular flexibility index (Phi) is 19.9. The van der Waals surface area contributed by atoms with E-state index in [0.717, 1.165) is 70.6 Å². The number of aliphatic hydroxyl groups excluding tert-OH is 3. The number of esters is 2. The summed E-state index contributed by atoms with van der Waals surface area (Å²) in [5, 5.41) is 29.9. The van der Waals surface area contributed by atoms with Crippen LogP contribution in [0.5, 0.6) is 0 Å². The summed E-state index contributed by atoms with van der Waals surface area (Å²) in [4.78, 5) is 36.4. The smallest absolute Gasteiger partial charge is 0.306 e.